The molecule has 24 heavy (non-hydrogen) atoms. The molecule has 5 nitrogen and oxygen atoms in total. The first-order valence-electron chi connectivity index (χ1n) is 7.98. The number of hydrogen-bond acceptors (Lipinski definition) is 4. The molecule has 0 radical (unpaired) electrons. The number of nitrogens with zero attached hydrogens (tertiary/aromatic N) is 1. The van der Waals surface area contributed by atoms with E-state index in [1.165, 1.54) is 23.1 Å². The van der Waals surface area contributed by atoms with Crippen LogP contribution in [0.15, 0.2) is 18.2 Å². The Bertz CT molecular complexity index is 667. The van der Waals surface area contributed by atoms with Crippen molar-refractivity contribution in [3.8, 4) is 5.75 Å². The minimum atomic E-state index is -0.524. The summed E-state index contributed by atoms with van der Waals surface area (Å²) in [6, 6.07) is 4.51. The van der Waals surface area contributed by atoms with Crippen molar-refractivity contribution in [3.05, 3.63) is 28.2 Å². The average molecular weight is 370 g/mol. The minimum absolute atomic E-state index is 0.0445. The van der Waals surface area contributed by atoms with E-state index in [0.717, 1.165) is 25.7 Å². The molecule has 2 aliphatic rings. The van der Waals surface area contributed by atoms with E-state index in [0.29, 0.717) is 5.02 Å². The lowest BCUT2D eigenvalue weighted by atomic mass is 9.81. The van der Waals surface area contributed by atoms with Crippen molar-refractivity contribution < 1.29 is 19.1 Å². The number of hydrogen-bond donors (Lipinski definition) is 0. The second kappa shape index (κ2) is 7.11. The first kappa shape index (κ1) is 17.2. The molecule has 1 saturated heterocycles. The third-order valence-electron chi connectivity index (χ3n) is 4.59. The number of halogens is 2. The molecule has 1 heterocycles. The number of carbonyl (C=O) groups is 3. The third kappa shape index (κ3) is 3.42. The van der Waals surface area contributed by atoms with Crippen LogP contribution in [0.3, 0.4) is 0 Å². The van der Waals surface area contributed by atoms with Gasteiger partial charge >= 0.3 is 5.97 Å². The summed E-state index contributed by atoms with van der Waals surface area (Å²) in [4.78, 5) is 37.8. The molecule has 2 atom stereocenters. The maximum Gasteiger partial charge on any atom is 0.312 e. The Kier molecular flexibility index (Phi) is 5.11. The van der Waals surface area contributed by atoms with Crippen LogP contribution in [0.25, 0.3) is 0 Å². The van der Waals surface area contributed by atoms with Crippen LogP contribution in [0.2, 0.25) is 10.0 Å². The first-order chi connectivity index (χ1) is 11.5. The van der Waals surface area contributed by atoms with E-state index in [2.05, 4.69) is 0 Å². The van der Waals surface area contributed by atoms with Crippen molar-refractivity contribution in [3.63, 3.8) is 0 Å². The van der Waals surface area contributed by atoms with E-state index in [1.54, 1.807) is 0 Å². The predicted octanol–water partition coefficient (Wildman–Crippen LogP) is 3.46. The van der Waals surface area contributed by atoms with E-state index in [1.807, 2.05) is 0 Å². The number of likely N-dealkylation sites (tertiary alicyclic amines) is 1. The van der Waals surface area contributed by atoms with Gasteiger partial charge in [0.1, 0.15) is 5.75 Å². The second-order valence-corrected chi connectivity index (χ2v) is 6.94. The minimum Gasteiger partial charge on any atom is -0.426 e. The largest absolute Gasteiger partial charge is 0.426 e. The number of amides is 2. The van der Waals surface area contributed by atoms with Gasteiger partial charge in [0.05, 0.1) is 28.3 Å². The fraction of sp³-hybridized carbons (Fsp3) is 0.471. The molecule has 1 saturated carbocycles. The summed E-state index contributed by atoms with van der Waals surface area (Å²) >= 11 is 11.7. The topological polar surface area (TPSA) is 63.7 Å². The van der Waals surface area contributed by atoms with Crippen molar-refractivity contribution in [2.75, 3.05) is 6.54 Å². The smallest absolute Gasteiger partial charge is 0.312 e. The highest BCUT2D eigenvalue weighted by Crippen LogP contribution is 2.38. The van der Waals surface area contributed by atoms with Gasteiger partial charge in [-0.05, 0) is 25.0 Å². The third-order valence-corrected chi connectivity index (χ3v) is 5.33. The maximum absolute atomic E-state index is 12.3. The quantitative estimate of drug-likeness (QED) is 0.463. The molecule has 0 aromatic heterocycles. The number of benzene rings is 1. The highest BCUT2D eigenvalue weighted by Gasteiger charge is 2.47. The summed E-state index contributed by atoms with van der Waals surface area (Å²) in [5.41, 5.74) is 0. The van der Waals surface area contributed by atoms with Crippen molar-refractivity contribution in [2.45, 2.75) is 32.1 Å². The van der Waals surface area contributed by atoms with Crippen LogP contribution in [0.5, 0.6) is 5.75 Å². The van der Waals surface area contributed by atoms with Crippen LogP contribution in [-0.4, -0.2) is 29.2 Å². The van der Waals surface area contributed by atoms with E-state index < -0.39 is 5.97 Å². The fourth-order valence-electron chi connectivity index (χ4n) is 3.38. The molecule has 2 amide bonds. The summed E-state index contributed by atoms with van der Waals surface area (Å²) in [5, 5.41) is 0.656. The van der Waals surface area contributed by atoms with Gasteiger partial charge in [-0.25, -0.2) is 0 Å². The number of ether oxygens (including phenoxy) is 1. The number of carbonyl (C=O) groups excluding carboxylic acids is 3. The van der Waals surface area contributed by atoms with Crippen LogP contribution in [-0.2, 0) is 14.4 Å². The lowest BCUT2D eigenvalue weighted by molar-refractivity contribution is -0.141. The van der Waals surface area contributed by atoms with Gasteiger partial charge in [0, 0.05) is 12.6 Å². The van der Waals surface area contributed by atoms with E-state index in [4.69, 9.17) is 27.9 Å². The molecule has 0 spiro atoms. The summed E-state index contributed by atoms with van der Waals surface area (Å²) in [7, 11) is 0. The van der Waals surface area contributed by atoms with E-state index in [-0.39, 0.29) is 47.4 Å². The molecular formula is C17H17Cl2NO4. The Hall–Kier alpha value is -1.59. The van der Waals surface area contributed by atoms with Gasteiger partial charge < -0.3 is 4.74 Å². The van der Waals surface area contributed by atoms with Crippen molar-refractivity contribution in [2.24, 2.45) is 11.8 Å². The number of imide groups is 1. The Morgan fingerprint density at radius 1 is 1.08 bits per heavy atom. The maximum atomic E-state index is 12.3. The van der Waals surface area contributed by atoms with Gasteiger partial charge in [0.25, 0.3) is 0 Å². The van der Waals surface area contributed by atoms with Gasteiger partial charge in [-0.15, -0.1) is 0 Å². The van der Waals surface area contributed by atoms with Crippen molar-refractivity contribution in [1.29, 1.82) is 0 Å². The van der Waals surface area contributed by atoms with Gasteiger partial charge in [-0.1, -0.05) is 36.0 Å². The molecule has 3 rings (SSSR count). The molecular weight excluding hydrogens is 353 g/mol. The summed E-state index contributed by atoms with van der Waals surface area (Å²) in [5.74, 6) is -0.931. The zero-order chi connectivity index (χ0) is 17.3. The molecule has 1 aromatic rings. The number of esters is 1. The fourth-order valence-corrected chi connectivity index (χ4v) is 3.67. The van der Waals surface area contributed by atoms with Gasteiger partial charge in [0.2, 0.25) is 11.8 Å². The molecule has 1 aromatic carbocycles. The number of rotatable bonds is 4. The summed E-state index contributed by atoms with van der Waals surface area (Å²) in [6.45, 7) is 0.0603. The van der Waals surface area contributed by atoms with E-state index >= 15 is 0 Å². The monoisotopic (exact) mass is 369 g/mol. The second-order valence-electron chi connectivity index (χ2n) is 6.13. The zero-order valence-electron chi connectivity index (χ0n) is 13.0. The molecule has 7 heteroatoms. The molecule has 128 valence electrons. The standard InChI is InChI=1S/C17H17Cl2NO4/c18-13-6-5-10(9-14(13)19)24-15(21)7-8-20-16(22)11-3-1-2-4-12(11)17(20)23/h5-6,9,11-12H,1-4,7-8H2/t11-,12+. The summed E-state index contributed by atoms with van der Waals surface area (Å²) < 4.78 is 5.17. The van der Waals surface area contributed by atoms with Crippen LogP contribution in [0, 0.1) is 11.8 Å². The average Bonchev–Trinajstić information content (AvgIpc) is 2.81. The molecule has 0 unspecified atom stereocenters. The van der Waals surface area contributed by atoms with Crippen LogP contribution in [0.4, 0.5) is 0 Å². The summed E-state index contributed by atoms with van der Waals surface area (Å²) in [6.07, 6.45) is 3.44. The van der Waals surface area contributed by atoms with Crippen LogP contribution < -0.4 is 4.74 Å². The Labute approximate surface area is 149 Å². The predicted molar refractivity (Wildman–Crippen MR) is 88.9 cm³/mol. The Balaban J connectivity index is 1.57. The van der Waals surface area contributed by atoms with Gasteiger partial charge in [0.15, 0.2) is 0 Å². The Morgan fingerprint density at radius 2 is 1.71 bits per heavy atom. The highest BCUT2D eigenvalue weighted by atomic mass is 35.5. The first-order valence-corrected chi connectivity index (χ1v) is 8.74. The number of fused-ring (bicyclic) bond motifs is 1. The molecule has 1 aliphatic heterocycles. The highest BCUT2D eigenvalue weighted by molar-refractivity contribution is 6.42. The van der Waals surface area contributed by atoms with Gasteiger partial charge in [-0.2, -0.15) is 0 Å². The lowest BCUT2D eigenvalue weighted by Crippen LogP contribution is -2.33. The molecule has 0 N–H and O–H groups in total. The van der Waals surface area contributed by atoms with Gasteiger partial charge in [-0.3, -0.25) is 19.3 Å². The van der Waals surface area contributed by atoms with Crippen molar-refractivity contribution >= 4 is 41.0 Å². The van der Waals surface area contributed by atoms with Crippen LogP contribution in [0.1, 0.15) is 32.1 Å². The molecule has 2 fully saturated rings. The van der Waals surface area contributed by atoms with Crippen molar-refractivity contribution in [1.82, 2.24) is 4.90 Å². The molecule has 1 aliphatic carbocycles. The normalized spacial score (nSPS) is 23.3. The van der Waals surface area contributed by atoms with Crippen LogP contribution >= 0.6 is 23.2 Å². The lowest BCUT2D eigenvalue weighted by Gasteiger charge is -2.19. The molecule has 0 bridgehead atoms. The zero-order valence-corrected chi connectivity index (χ0v) is 14.5. The SMILES string of the molecule is O=C(CCN1C(=O)[C@H]2CCCC[C@H]2C1=O)Oc1ccc(Cl)c(Cl)c1. The van der Waals surface area contributed by atoms with E-state index in [9.17, 15) is 14.4 Å². The Morgan fingerprint density at radius 3 is 2.29 bits per heavy atom.